The average Bonchev–Trinajstić information content (AvgIpc) is 1.73. The van der Waals surface area contributed by atoms with Crippen LogP contribution in [0.5, 0.6) is 0 Å². The minimum absolute atomic E-state index is 0.231. The van der Waals surface area contributed by atoms with Crippen LogP contribution in [0, 0.1) is 0 Å². The highest BCUT2D eigenvalue weighted by Gasteiger charge is 2.60. The molecule has 0 spiro atoms. The molecule has 21 aliphatic heterocycles. The molecule has 21 fully saturated rings. The van der Waals surface area contributed by atoms with E-state index in [-0.39, 0.29) is 6.61 Å². The van der Waals surface area contributed by atoms with Crippen LogP contribution in [0.2, 0.25) is 0 Å². The molecule has 14 bridgehead atoms. The number of carbonyl (C=O) groups is 3. The molecule has 2 aromatic carbocycles. The van der Waals surface area contributed by atoms with Gasteiger partial charge in [0.25, 0.3) is 0 Å². The molecule has 101 heavy (non-hydrogen) atoms. The van der Waals surface area contributed by atoms with Gasteiger partial charge < -0.3 is 183 Å². The number of nitrogens with one attached hydrogen (secondary N) is 1. The summed E-state index contributed by atoms with van der Waals surface area (Å²) in [6, 6.07) is 14.8. The molecule has 1 aliphatic carbocycles. The maximum Gasteiger partial charge on any atom is 0.407 e. The molecule has 0 saturated carbocycles. The molecule has 0 radical (unpaired) electrons. The van der Waals surface area contributed by atoms with Crippen molar-refractivity contribution in [3.63, 3.8) is 0 Å². The van der Waals surface area contributed by atoms with E-state index in [2.05, 4.69) is 5.32 Å². The van der Waals surface area contributed by atoms with Crippen LogP contribution in [-0.4, -0.2) is 388 Å². The summed E-state index contributed by atoms with van der Waals surface area (Å²) < 4.78 is 93.0. The Bertz CT molecular complexity index is 3000. The summed E-state index contributed by atoms with van der Waals surface area (Å²) in [6.07, 6.45) is -76.7. The monoisotopic (exact) mass is 1460 g/mol. The third-order valence-electron chi connectivity index (χ3n) is 19.2. The van der Waals surface area contributed by atoms with Crippen LogP contribution >= 0.6 is 0 Å². The molecule has 2 aromatic rings. The number of carboxylic acid groups (broad SMARTS) is 1. The van der Waals surface area contributed by atoms with Gasteiger partial charge in [-0.25, -0.2) is 4.79 Å². The van der Waals surface area contributed by atoms with Gasteiger partial charge in [-0.05, 0) is 22.3 Å². The van der Waals surface area contributed by atoms with Gasteiger partial charge in [-0.15, -0.1) is 0 Å². The second-order valence-electron chi connectivity index (χ2n) is 25.6. The topological polar surface area (TPSA) is 616 Å². The summed E-state index contributed by atoms with van der Waals surface area (Å²) in [5.41, 5.74) is 3.46. The lowest BCUT2D eigenvalue weighted by Gasteiger charge is -2.50. The Morgan fingerprint density at radius 2 is 0.594 bits per heavy atom. The van der Waals surface area contributed by atoms with E-state index in [0.717, 1.165) is 22.3 Å². The van der Waals surface area contributed by atoms with Gasteiger partial charge in [0.05, 0.1) is 45.9 Å². The number of rotatable bonds is 14. The molecule has 40 nitrogen and oxygen atoms in total. The van der Waals surface area contributed by atoms with Crippen molar-refractivity contribution in [3.8, 4) is 11.1 Å². The van der Waals surface area contributed by atoms with Gasteiger partial charge in [-0.1, -0.05) is 48.5 Å². The third kappa shape index (κ3) is 16.1. The van der Waals surface area contributed by atoms with Crippen LogP contribution in [0.15, 0.2) is 48.5 Å². The van der Waals surface area contributed by atoms with Gasteiger partial charge >= 0.3 is 18.0 Å². The zero-order chi connectivity index (χ0) is 72.6. The lowest BCUT2D eigenvalue weighted by atomic mass is 9.95. The Kier molecular flexibility index (Phi) is 25.6. The first-order valence-corrected chi connectivity index (χ1v) is 32.5. The molecule has 0 unspecified atom stereocenters. The Morgan fingerprint density at radius 1 is 0.327 bits per heavy atom. The van der Waals surface area contributed by atoms with Crippen molar-refractivity contribution >= 4 is 18.0 Å². The van der Waals surface area contributed by atoms with E-state index in [1.807, 2.05) is 36.4 Å². The van der Waals surface area contributed by atoms with Gasteiger partial charge in [-0.2, -0.15) is 0 Å². The fourth-order valence-electron chi connectivity index (χ4n) is 13.7. The number of hydrogen-bond acceptors (Lipinski definition) is 38. The van der Waals surface area contributed by atoms with Gasteiger partial charge in [0.2, 0.25) is 0 Å². The van der Waals surface area contributed by atoms with Crippen LogP contribution < -0.4 is 5.32 Å². The van der Waals surface area contributed by atoms with Crippen molar-refractivity contribution < 1.29 is 192 Å². The van der Waals surface area contributed by atoms with Crippen molar-refractivity contribution in [2.75, 3.05) is 52.8 Å². The zero-order valence-corrected chi connectivity index (χ0v) is 53.2. The number of hydrogen-bond donors (Lipinski definition) is 21. The molecule has 40 heteroatoms. The summed E-state index contributed by atoms with van der Waals surface area (Å²) in [5.74, 6) is -3.05. The van der Waals surface area contributed by atoms with E-state index in [0.29, 0.717) is 0 Å². The fourth-order valence-corrected chi connectivity index (χ4v) is 13.7. The second kappa shape index (κ2) is 33.4. The van der Waals surface area contributed by atoms with Crippen molar-refractivity contribution in [1.29, 1.82) is 0 Å². The first-order chi connectivity index (χ1) is 48.3. The smallest absolute Gasteiger partial charge is 0.407 e. The summed E-state index contributed by atoms with van der Waals surface area (Å²) in [4.78, 5) is 38.1. The highest BCUT2D eigenvalue weighted by atomic mass is 16.8. The summed E-state index contributed by atoms with van der Waals surface area (Å²) in [5, 5.41) is 228. The van der Waals surface area contributed by atoms with E-state index < -0.39 is 298 Å². The molecule has 21 heterocycles. The number of esters is 1. The zero-order valence-electron chi connectivity index (χ0n) is 53.2. The molecular formula is C61H85NO39. The first-order valence-electron chi connectivity index (χ1n) is 32.5. The largest absolute Gasteiger partial charge is 0.481 e. The number of benzene rings is 2. The molecule has 24 rings (SSSR count). The minimum Gasteiger partial charge on any atom is -0.481 e. The number of alkyl carbamates (subject to hydrolysis) is 1. The minimum atomic E-state index is -2.39. The number of amides is 1. The van der Waals surface area contributed by atoms with Crippen molar-refractivity contribution in [1.82, 2.24) is 5.32 Å². The number of aliphatic carboxylic acids is 1. The van der Waals surface area contributed by atoms with E-state index >= 15 is 0 Å². The van der Waals surface area contributed by atoms with Crippen molar-refractivity contribution in [2.24, 2.45) is 0 Å². The number of aliphatic hydroxyl groups is 19. The van der Waals surface area contributed by atoms with E-state index in [1.165, 1.54) is 0 Å². The molecule has 568 valence electrons. The van der Waals surface area contributed by atoms with Crippen LogP contribution in [-0.2, 0) is 85.4 Å². The maximum atomic E-state index is 13.8. The Morgan fingerprint density at radius 3 is 0.891 bits per heavy atom. The standard InChI is InChI=1S/C61H85NO39/c63-12-25-48-34(72)41(79)55(89-25)95-47-24(11-62-61(85)87-17-23-21-7-3-1-5-19(21)20-6-2-4-8-22(20)23)88-54(40(78)33(47)71)101-53-30(18-86-32(70)10-9-31(68)69)94-60(46(84)39(53)77)100-52-29(16-67)93-59(45(83)38(52)76)99-51-28(15-66)92-58(44(82)37(51)75)98-50-27(14-65)91-57(43(81)36(50)74)97-49-26(13-64)90-56(96-48)42(80)35(49)73/h1-8,23-30,33-60,63-67,71-84H,9-18H2,(H,62,85)(H,68,69)/t24-,25-,26-,27-,28-,29-,30-,33-,34-,35-,36-,37-,38-,39-,40-,41-,42-,43-,44-,45-,46-,47-,48-,49-,50-,51-,52-,53-,54-,55-,56-,57-,58-,59-,60-/m1/s1. The van der Waals surface area contributed by atoms with Crippen LogP contribution in [0.25, 0.3) is 11.1 Å². The number of ether oxygens (including phenoxy) is 16. The van der Waals surface area contributed by atoms with Crippen LogP contribution in [0.1, 0.15) is 29.9 Å². The van der Waals surface area contributed by atoms with E-state index in [1.54, 1.807) is 12.1 Å². The van der Waals surface area contributed by atoms with Crippen molar-refractivity contribution in [2.45, 2.75) is 234 Å². The normalized spacial score (nSPS) is 45.2. The number of carboxylic acids is 1. The number of fused-ring (bicyclic) bond motifs is 3. The second-order valence-corrected chi connectivity index (χ2v) is 25.6. The lowest BCUT2D eigenvalue weighted by molar-refractivity contribution is -0.396. The van der Waals surface area contributed by atoms with Crippen LogP contribution in [0.3, 0.4) is 0 Å². The van der Waals surface area contributed by atoms with Crippen molar-refractivity contribution in [3.05, 3.63) is 59.7 Å². The summed E-state index contributed by atoms with van der Waals surface area (Å²) in [6.45, 7) is -7.58. The van der Waals surface area contributed by atoms with Crippen LogP contribution in [0.4, 0.5) is 4.79 Å². The summed E-state index contributed by atoms with van der Waals surface area (Å²) >= 11 is 0. The molecule has 22 aliphatic rings. The number of carbonyl (C=O) groups excluding carboxylic acids is 2. The van der Waals surface area contributed by atoms with Gasteiger partial charge in [0.15, 0.2) is 44.0 Å². The van der Waals surface area contributed by atoms with Gasteiger partial charge in [-0.3, -0.25) is 9.59 Å². The Labute approximate surface area is 571 Å². The van der Waals surface area contributed by atoms with E-state index in [4.69, 9.17) is 75.8 Å². The SMILES string of the molecule is O=C(O)CCC(=O)OC[C@H]1O[C@@H]2O[C@H]3[C@H](O)[C@@H](O)[C@@H](O[C@H]4[C@H](O)[C@@H](O)[C@@H](O[C@H]5[C@H](O)[C@@H](O)[C@@H](O[C@H]6[C@H](O)[C@@H](O)[C@@H](O[C@H]7[C@H](O)[C@@H](O)[C@@H](O[C@H]8[C@H](O)[C@@H](O)[C@@H](O[C@H]1[C@H](O)[C@H]2O)O[C@@H]8CNC(=O)OCC1c2ccccc2-c2ccccc21)O[C@@H]7CO)O[C@@H]6CO)O[C@@H]5CO)O[C@@H]4CO)O[C@@H]3CO. The molecule has 21 saturated heterocycles. The number of aliphatic hydroxyl groups excluding tert-OH is 19. The molecule has 21 N–H and O–H groups in total. The fraction of sp³-hybridized carbons (Fsp3) is 0.754. The van der Waals surface area contributed by atoms with E-state index in [9.17, 15) is 117 Å². The predicted octanol–water partition coefficient (Wildman–Crippen LogP) is -11.3. The maximum absolute atomic E-state index is 13.8. The predicted molar refractivity (Wildman–Crippen MR) is 315 cm³/mol. The van der Waals surface area contributed by atoms with Gasteiger partial charge in [0.1, 0.15) is 184 Å². The average molecular weight is 1460 g/mol. The highest BCUT2D eigenvalue weighted by Crippen LogP contribution is 2.45. The molecule has 35 atom stereocenters. The molecular weight excluding hydrogens is 1370 g/mol. The first kappa shape index (κ1) is 77.4. The lowest BCUT2D eigenvalue weighted by Crippen LogP contribution is -2.68. The quantitative estimate of drug-likeness (QED) is 0.0781. The highest BCUT2D eigenvalue weighted by molar-refractivity contribution is 5.79. The third-order valence-corrected chi connectivity index (χ3v) is 19.2. The Hall–Kier alpha value is -4.67. The summed E-state index contributed by atoms with van der Waals surface area (Å²) in [7, 11) is 0. The Balaban J connectivity index is 0.899. The molecule has 1 amide bonds. The van der Waals surface area contributed by atoms with Gasteiger partial charge in [0, 0.05) is 12.5 Å². The molecule has 0 aromatic heterocycles.